The molecule has 4 rings (SSSR count). The van der Waals surface area contributed by atoms with Crippen molar-refractivity contribution in [3.8, 4) is 17.2 Å². The Kier molecular flexibility index (Phi) is 6.97. The first kappa shape index (κ1) is 23.1. The molecule has 0 saturated carbocycles. The van der Waals surface area contributed by atoms with Gasteiger partial charge in [-0.15, -0.1) is 0 Å². The zero-order valence-corrected chi connectivity index (χ0v) is 18.6. The molecule has 0 fully saturated rings. The number of rotatable bonds is 8. The molecule has 1 heterocycles. The van der Waals surface area contributed by atoms with Crippen LogP contribution >= 0.6 is 0 Å². The number of carbonyl (C=O) groups is 2. The van der Waals surface area contributed by atoms with Gasteiger partial charge in [0.05, 0.1) is 6.42 Å². The van der Waals surface area contributed by atoms with Gasteiger partial charge in [-0.1, -0.05) is 72.8 Å². The fourth-order valence-corrected chi connectivity index (χ4v) is 4.30. The van der Waals surface area contributed by atoms with Crippen LogP contribution in [0.2, 0.25) is 0 Å². The van der Waals surface area contributed by atoms with E-state index < -0.39 is 18.0 Å². The molecular formula is C28H26O6. The summed E-state index contributed by atoms with van der Waals surface area (Å²) in [5.41, 5.74) is 2.01. The lowest BCUT2D eigenvalue weighted by Crippen LogP contribution is -2.21. The highest BCUT2D eigenvalue weighted by molar-refractivity contribution is 6.03. The lowest BCUT2D eigenvalue weighted by atomic mass is 9.86. The number of aliphatic carboxylic acids is 1. The summed E-state index contributed by atoms with van der Waals surface area (Å²) >= 11 is 0. The summed E-state index contributed by atoms with van der Waals surface area (Å²) in [6.07, 6.45) is 3.91. The molecule has 0 amide bonds. The number of hydrogen-bond donors (Lipinski definition) is 3. The van der Waals surface area contributed by atoms with Crippen molar-refractivity contribution >= 4 is 17.8 Å². The molecule has 6 nitrogen and oxygen atoms in total. The molecular weight excluding hydrogens is 432 g/mol. The molecule has 1 aliphatic rings. The van der Waals surface area contributed by atoms with Crippen molar-refractivity contribution in [3.05, 3.63) is 95.1 Å². The molecule has 0 unspecified atom stereocenters. The fraction of sp³-hybridized carbons (Fsp3) is 0.214. The number of aromatic hydroxyl groups is 2. The number of carboxylic acids is 1. The summed E-state index contributed by atoms with van der Waals surface area (Å²) < 4.78 is 5.99. The number of hydrogen-bond acceptors (Lipinski definition) is 5. The van der Waals surface area contributed by atoms with Gasteiger partial charge in [0.15, 0.2) is 5.78 Å². The molecule has 0 saturated heterocycles. The van der Waals surface area contributed by atoms with E-state index in [1.165, 1.54) is 6.07 Å². The van der Waals surface area contributed by atoms with Gasteiger partial charge >= 0.3 is 5.97 Å². The quantitative estimate of drug-likeness (QED) is 0.391. The molecule has 0 bridgehead atoms. The summed E-state index contributed by atoms with van der Waals surface area (Å²) in [4.78, 5) is 24.1. The Bertz CT molecular complexity index is 1200. The monoisotopic (exact) mass is 458 g/mol. The Balaban J connectivity index is 1.69. The minimum atomic E-state index is -0.916. The average molecular weight is 459 g/mol. The molecule has 0 aliphatic carbocycles. The lowest BCUT2D eigenvalue weighted by molar-refractivity contribution is -0.137. The number of fused-ring (bicyclic) bond motifs is 1. The molecule has 174 valence electrons. The van der Waals surface area contributed by atoms with Crippen LogP contribution in [0.4, 0.5) is 0 Å². The van der Waals surface area contributed by atoms with Gasteiger partial charge in [0.25, 0.3) is 0 Å². The van der Waals surface area contributed by atoms with E-state index in [1.807, 2.05) is 72.8 Å². The molecule has 3 aromatic carbocycles. The fourth-order valence-electron chi connectivity index (χ4n) is 4.30. The van der Waals surface area contributed by atoms with Crippen LogP contribution in [-0.4, -0.2) is 27.1 Å². The second-order valence-corrected chi connectivity index (χ2v) is 8.34. The molecule has 0 spiro atoms. The zero-order valence-electron chi connectivity index (χ0n) is 18.6. The minimum Gasteiger partial charge on any atom is -0.507 e. The van der Waals surface area contributed by atoms with Gasteiger partial charge in [-0.2, -0.15) is 0 Å². The molecule has 3 aromatic rings. The average Bonchev–Trinajstić information content (AvgIpc) is 2.82. The van der Waals surface area contributed by atoms with Gasteiger partial charge in [0.2, 0.25) is 0 Å². The van der Waals surface area contributed by atoms with E-state index in [2.05, 4.69) is 0 Å². The largest absolute Gasteiger partial charge is 0.507 e. The van der Waals surface area contributed by atoms with Gasteiger partial charge in [-0.3, -0.25) is 9.59 Å². The molecule has 3 N–H and O–H groups in total. The normalized spacial score (nSPS) is 16.1. The second-order valence-electron chi connectivity index (χ2n) is 8.34. The Hall–Kier alpha value is -4.06. The number of ether oxygens (including phenoxy) is 1. The molecule has 0 aromatic heterocycles. The van der Waals surface area contributed by atoms with Crippen molar-refractivity contribution in [2.75, 3.05) is 0 Å². The van der Waals surface area contributed by atoms with Crippen LogP contribution in [0.25, 0.3) is 6.08 Å². The first-order chi connectivity index (χ1) is 16.4. The summed E-state index contributed by atoms with van der Waals surface area (Å²) in [6.45, 7) is 0. The van der Waals surface area contributed by atoms with Gasteiger partial charge in [0.1, 0.15) is 28.9 Å². The van der Waals surface area contributed by atoms with Crippen molar-refractivity contribution in [1.29, 1.82) is 0 Å². The Labute approximate surface area is 197 Å². The number of allylic oxidation sites excluding steroid dienone is 1. The topological polar surface area (TPSA) is 104 Å². The standard InChI is InChI=1S/C28H26O6/c29-21-17-24-27(22(30)16-23(34-24)19-10-5-2-6-11-19)28(33)26(21)20(12-7-13-25(31)32)15-14-18-8-3-1-4-9-18/h1-6,8-11,14-15,17,20,23,29,33H,7,12-13,16H2,(H,31,32)/b15-14+/t20-,23-/m1/s1. The first-order valence-corrected chi connectivity index (χ1v) is 11.2. The van der Waals surface area contributed by atoms with Gasteiger partial charge in [-0.05, 0) is 24.0 Å². The van der Waals surface area contributed by atoms with Crippen LogP contribution in [0.5, 0.6) is 17.2 Å². The van der Waals surface area contributed by atoms with Crippen LogP contribution in [0.15, 0.2) is 72.8 Å². The number of carbonyl (C=O) groups excluding carboxylic acids is 1. The highest BCUT2D eigenvalue weighted by Gasteiger charge is 2.34. The molecule has 1 aliphatic heterocycles. The summed E-state index contributed by atoms with van der Waals surface area (Å²) in [7, 11) is 0. The summed E-state index contributed by atoms with van der Waals surface area (Å²) in [5.74, 6) is -2.06. The van der Waals surface area contributed by atoms with Crippen LogP contribution in [0.1, 0.15) is 64.8 Å². The third-order valence-electron chi connectivity index (χ3n) is 5.97. The number of ketones is 1. The van der Waals surface area contributed by atoms with E-state index in [1.54, 1.807) is 0 Å². The molecule has 2 atom stereocenters. The number of phenolic OH excluding ortho intramolecular Hbond substituents is 2. The Morgan fingerprint density at radius 3 is 2.41 bits per heavy atom. The molecule has 0 radical (unpaired) electrons. The van der Waals surface area contributed by atoms with Crippen molar-refractivity contribution in [2.24, 2.45) is 0 Å². The van der Waals surface area contributed by atoms with Crippen molar-refractivity contribution < 1.29 is 29.6 Å². The van der Waals surface area contributed by atoms with Crippen molar-refractivity contribution in [1.82, 2.24) is 0 Å². The Morgan fingerprint density at radius 2 is 1.74 bits per heavy atom. The first-order valence-electron chi connectivity index (χ1n) is 11.2. The van der Waals surface area contributed by atoms with Crippen LogP contribution in [0, 0.1) is 0 Å². The van der Waals surface area contributed by atoms with Gasteiger partial charge < -0.3 is 20.1 Å². The van der Waals surface area contributed by atoms with Crippen molar-refractivity contribution in [2.45, 2.75) is 37.7 Å². The molecule has 34 heavy (non-hydrogen) atoms. The third kappa shape index (κ3) is 5.12. The lowest BCUT2D eigenvalue weighted by Gasteiger charge is -2.28. The third-order valence-corrected chi connectivity index (χ3v) is 5.97. The predicted octanol–water partition coefficient (Wildman–Crippen LogP) is 5.86. The van der Waals surface area contributed by atoms with E-state index in [-0.39, 0.29) is 47.0 Å². The maximum atomic E-state index is 13.0. The van der Waals surface area contributed by atoms with E-state index >= 15 is 0 Å². The maximum absolute atomic E-state index is 13.0. The number of Topliss-reactive ketones (excluding diaryl/α,β-unsaturated/α-hetero) is 1. The van der Waals surface area contributed by atoms with E-state index in [0.29, 0.717) is 12.8 Å². The highest BCUT2D eigenvalue weighted by Crippen LogP contribution is 2.48. The second kappa shape index (κ2) is 10.3. The van der Waals surface area contributed by atoms with Crippen LogP contribution < -0.4 is 4.74 Å². The van der Waals surface area contributed by atoms with E-state index in [0.717, 1.165) is 11.1 Å². The minimum absolute atomic E-state index is 0.0388. The van der Waals surface area contributed by atoms with Crippen molar-refractivity contribution in [3.63, 3.8) is 0 Å². The van der Waals surface area contributed by atoms with E-state index in [9.17, 15) is 19.8 Å². The summed E-state index contributed by atoms with van der Waals surface area (Å²) in [5, 5.41) is 31.0. The molecule has 6 heteroatoms. The van der Waals surface area contributed by atoms with Gasteiger partial charge in [-0.25, -0.2) is 0 Å². The number of benzene rings is 3. The number of phenols is 2. The smallest absolute Gasteiger partial charge is 0.303 e. The SMILES string of the molecule is O=C(O)CCC[C@H](/C=C/c1ccccc1)c1c(O)cc2c(c1O)C(=O)C[C@H](c1ccccc1)O2. The zero-order chi connectivity index (χ0) is 24.1. The predicted molar refractivity (Wildman–Crippen MR) is 128 cm³/mol. The Morgan fingerprint density at radius 1 is 1.06 bits per heavy atom. The maximum Gasteiger partial charge on any atom is 0.303 e. The van der Waals surface area contributed by atoms with Crippen LogP contribution in [0.3, 0.4) is 0 Å². The number of carboxylic acid groups (broad SMARTS) is 1. The van der Waals surface area contributed by atoms with Gasteiger partial charge in [0, 0.05) is 24.0 Å². The summed E-state index contributed by atoms with van der Waals surface area (Å²) in [6, 6.07) is 20.2. The van der Waals surface area contributed by atoms with E-state index in [4.69, 9.17) is 9.84 Å². The highest BCUT2D eigenvalue weighted by atomic mass is 16.5. The van der Waals surface area contributed by atoms with Crippen LogP contribution in [-0.2, 0) is 4.79 Å².